The van der Waals surface area contributed by atoms with Crippen molar-refractivity contribution in [2.45, 2.75) is 26.2 Å². The maximum atomic E-state index is 13.5. The fraction of sp³-hybridized carbons (Fsp3) is 0.423. The van der Waals surface area contributed by atoms with Crippen LogP contribution >= 0.6 is 0 Å². The Kier molecular flexibility index (Phi) is 6.13. The Hall–Kier alpha value is -3.19. The summed E-state index contributed by atoms with van der Waals surface area (Å²) in [6.07, 6.45) is 6.11. The molecule has 0 saturated carbocycles. The molecule has 2 aliphatic heterocycles. The molecule has 3 aromatic rings. The summed E-state index contributed by atoms with van der Waals surface area (Å²) in [5, 5.41) is 0. The lowest BCUT2D eigenvalue weighted by molar-refractivity contribution is -0.123. The van der Waals surface area contributed by atoms with Gasteiger partial charge in [0.2, 0.25) is 5.91 Å². The SMILES string of the molecule is Cc1nc(-c2ccc(N3CCC[C@H](Cc4ncccc4N4CCN(C)CC4)C3=O)cc2)co1. The molecule has 33 heavy (non-hydrogen) atoms. The Morgan fingerprint density at radius 3 is 2.58 bits per heavy atom. The Morgan fingerprint density at radius 1 is 1.06 bits per heavy atom. The van der Waals surface area contributed by atoms with Crippen molar-refractivity contribution in [3.63, 3.8) is 0 Å². The number of piperazine rings is 1. The molecule has 0 radical (unpaired) electrons. The summed E-state index contributed by atoms with van der Waals surface area (Å²) in [4.78, 5) is 29.3. The van der Waals surface area contributed by atoms with Crippen LogP contribution < -0.4 is 9.80 Å². The molecule has 0 bridgehead atoms. The van der Waals surface area contributed by atoms with E-state index in [2.05, 4.69) is 27.9 Å². The number of aryl methyl sites for hydroxylation is 1. The Labute approximate surface area is 195 Å². The fourth-order valence-electron chi connectivity index (χ4n) is 4.86. The van der Waals surface area contributed by atoms with Crippen LogP contribution in [0.5, 0.6) is 0 Å². The zero-order valence-electron chi connectivity index (χ0n) is 19.4. The molecule has 1 atom stereocenters. The van der Waals surface area contributed by atoms with E-state index in [4.69, 9.17) is 9.40 Å². The van der Waals surface area contributed by atoms with Crippen LogP contribution in [0.2, 0.25) is 0 Å². The minimum Gasteiger partial charge on any atom is -0.449 e. The molecule has 1 aromatic carbocycles. The number of oxazole rings is 1. The van der Waals surface area contributed by atoms with Gasteiger partial charge in [0.15, 0.2) is 5.89 Å². The Bertz CT molecular complexity index is 1100. The second-order valence-corrected chi connectivity index (χ2v) is 9.09. The number of rotatable bonds is 5. The quantitative estimate of drug-likeness (QED) is 0.596. The molecule has 2 saturated heterocycles. The van der Waals surface area contributed by atoms with Crippen molar-refractivity contribution in [3.05, 3.63) is 60.4 Å². The van der Waals surface area contributed by atoms with E-state index in [0.717, 1.165) is 68.2 Å². The number of hydrogen-bond donors (Lipinski definition) is 0. The van der Waals surface area contributed by atoms with Gasteiger partial charge in [0.25, 0.3) is 0 Å². The number of benzene rings is 1. The van der Waals surface area contributed by atoms with E-state index < -0.39 is 0 Å². The lowest BCUT2D eigenvalue weighted by Crippen LogP contribution is -2.45. The van der Waals surface area contributed by atoms with Crippen LogP contribution in [-0.2, 0) is 11.2 Å². The van der Waals surface area contributed by atoms with Crippen molar-refractivity contribution in [1.29, 1.82) is 0 Å². The highest BCUT2D eigenvalue weighted by molar-refractivity contribution is 5.96. The highest BCUT2D eigenvalue weighted by atomic mass is 16.3. The van der Waals surface area contributed by atoms with Gasteiger partial charge in [-0.2, -0.15) is 0 Å². The van der Waals surface area contributed by atoms with Crippen molar-refractivity contribution in [1.82, 2.24) is 14.9 Å². The fourth-order valence-corrected chi connectivity index (χ4v) is 4.86. The van der Waals surface area contributed by atoms with E-state index >= 15 is 0 Å². The van der Waals surface area contributed by atoms with Gasteiger partial charge in [-0.15, -0.1) is 0 Å². The normalized spacial score (nSPS) is 19.8. The van der Waals surface area contributed by atoms with E-state index in [1.807, 2.05) is 48.4 Å². The number of nitrogens with zero attached hydrogens (tertiary/aromatic N) is 5. The molecule has 2 fully saturated rings. The smallest absolute Gasteiger partial charge is 0.230 e. The number of carbonyl (C=O) groups excluding carboxylic acids is 1. The van der Waals surface area contributed by atoms with Gasteiger partial charge in [0.1, 0.15) is 12.0 Å². The first-order chi connectivity index (χ1) is 16.1. The maximum absolute atomic E-state index is 13.5. The molecule has 1 amide bonds. The molecule has 172 valence electrons. The molecular formula is C26H31N5O2. The Morgan fingerprint density at radius 2 is 1.85 bits per heavy atom. The molecular weight excluding hydrogens is 414 g/mol. The molecule has 7 heteroatoms. The van der Waals surface area contributed by atoms with Crippen LogP contribution in [0.4, 0.5) is 11.4 Å². The highest BCUT2D eigenvalue weighted by Crippen LogP contribution is 2.31. The number of carbonyl (C=O) groups is 1. The van der Waals surface area contributed by atoms with Crippen molar-refractivity contribution < 1.29 is 9.21 Å². The van der Waals surface area contributed by atoms with Crippen LogP contribution in [0.1, 0.15) is 24.4 Å². The van der Waals surface area contributed by atoms with E-state index in [-0.39, 0.29) is 11.8 Å². The topological polar surface area (TPSA) is 65.7 Å². The predicted molar refractivity (Wildman–Crippen MR) is 129 cm³/mol. The van der Waals surface area contributed by atoms with Crippen LogP contribution in [0, 0.1) is 12.8 Å². The van der Waals surface area contributed by atoms with Crippen LogP contribution in [0.15, 0.2) is 53.3 Å². The van der Waals surface area contributed by atoms with Gasteiger partial charge in [0.05, 0.1) is 11.4 Å². The minimum atomic E-state index is -0.0438. The summed E-state index contributed by atoms with van der Waals surface area (Å²) in [7, 11) is 2.16. The molecule has 4 heterocycles. The Balaban J connectivity index is 1.31. The average Bonchev–Trinajstić information content (AvgIpc) is 3.28. The number of pyridine rings is 1. The molecule has 0 spiro atoms. The zero-order chi connectivity index (χ0) is 22.8. The molecule has 0 unspecified atom stereocenters. The van der Waals surface area contributed by atoms with Gasteiger partial charge in [-0.05, 0) is 44.2 Å². The maximum Gasteiger partial charge on any atom is 0.230 e. The zero-order valence-corrected chi connectivity index (χ0v) is 19.4. The number of anilines is 2. The standard InChI is InChI=1S/C26H31N5O2/c1-19-28-24(18-33-19)20-7-9-22(10-8-20)31-12-4-5-21(26(31)32)17-23-25(6-3-11-27-23)30-15-13-29(2)14-16-30/h3,6-11,18,21H,4-5,12-17H2,1-2H3/t21-/m1/s1. The monoisotopic (exact) mass is 445 g/mol. The van der Waals surface area contributed by atoms with Gasteiger partial charge in [-0.1, -0.05) is 12.1 Å². The molecule has 2 aliphatic rings. The number of likely N-dealkylation sites (N-methyl/N-ethyl adjacent to an activating group) is 1. The average molecular weight is 446 g/mol. The van der Waals surface area contributed by atoms with Crippen molar-refractivity contribution in [3.8, 4) is 11.3 Å². The van der Waals surface area contributed by atoms with Crippen molar-refractivity contribution in [2.24, 2.45) is 5.92 Å². The summed E-state index contributed by atoms with van der Waals surface area (Å²) in [5.41, 5.74) is 4.96. The third kappa shape index (κ3) is 4.64. The van der Waals surface area contributed by atoms with Gasteiger partial charge >= 0.3 is 0 Å². The summed E-state index contributed by atoms with van der Waals surface area (Å²) in [6, 6.07) is 12.2. The van der Waals surface area contributed by atoms with Gasteiger partial charge in [0, 0.05) is 69.4 Å². The predicted octanol–water partition coefficient (Wildman–Crippen LogP) is 3.78. The second-order valence-electron chi connectivity index (χ2n) is 9.09. The summed E-state index contributed by atoms with van der Waals surface area (Å²) >= 11 is 0. The largest absolute Gasteiger partial charge is 0.449 e. The number of amides is 1. The first-order valence-electron chi connectivity index (χ1n) is 11.8. The molecule has 7 nitrogen and oxygen atoms in total. The summed E-state index contributed by atoms with van der Waals surface area (Å²) in [5.74, 6) is 0.799. The lowest BCUT2D eigenvalue weighted by atomic mass is 9.91. The highest BCUT2D eigenvalue weighted by Gasteiger charge is 2.31. The molecule has 0 aliphatic carbocycles. The van der Waals surface area contributed by atoms with Crippen LogP contribution in [0.25, 0.3) is 11.3 Å². The van der Waals surface area contributed by atoms with E-state index in [9.17, 15) is 4.79 Å². The van der Waals surface area contributed by atoms with E-state index in [0.29, 0.717) is 12.3 Å². The summed E-state index contributed by atoms with van der Waals surface area (Å²) < 4.78 is 5.32. The first kappa shape index (κ1) is 21.6. The third-order valence-electron chi connectivity index (χ3n) is 6.79. The molecule has 5 rings (SSSR count). The minimum absolute atomic E-state index is 0.0438. The third-order valence-corrected chi connectivity index (χ3v) is 6.79. The number of piperidine rings is 1. The van der Waals surface area contributed by atoms with E-state index in [1.54, 1.807) is 6.26 Å². The second kappa shape index (κ2) is 9.35. The van der Waals surface area contributed by atoms with Crippen LogP contribution in [0.3, 0.4) is 0 Å². The molecule has 0 N–H and O–H groups in total. The van der Waals surface area contributed by atoms with E-state index in [1.165, 1.54) is 5.69 Å². The van der Waals surface area contributed by atoms with Crippen molar-refractivity contribution >= 4 is 17.3 Å². The van der Waals surface area contributed by atoms with Gasteiger partial charge < -0.3 is 19.1 Å². The van der Waals surface area contributed by atoms with Gasteiger partial charge in [-0.25, -0.2) is 4.98 Å². The summed E-state index contributed by atoms with van der Waals surface area (Å²) in [6.45, 7) is 6.68. The number of hydrogen-bond acceptors (Lipinski definition) is 6. The van der Waals surface area contributed by atoms with Crippen molar-refractivity contribution in [2.75, 3.05) is 49.6 Å². The number of aromatic nitrogens is 2. The van der Waals surface area contributed by atoms with Gasteiger partial charge in [-0.3, -0.25) is 9.78 Å². The van der Waals surface area contributed by atoms with Crippen LogP contribution in [-0.4, -0.2) is 60.5 Å². The first-order valence-corrected chi connectivity index (χ1v) is 11.8. The molecule has 2 aromatic heterocycles. The lowest BCUT2D eigenvalue weighted by Gasteiger charge is -2.36.